The van der Waals surface area contributed by atoms with E-state index in [1.54, 1.807) is 37.3 Å². The molecule has 4 N–H and O–H groups in total. The molecule has 0 radical (unpaired) electrons. The summed E-state index contributed by atoms with van der Waals surface area (Å²) in [4.78, 5) is 65.2. The summed E-state index contributed by atoms with van der Waals surface area (Å²) in [5.41, 5.74) is 12.7. The zero-order valence-electron chi connectivity index (χ0n) is 56.6. The fourth-order valence-electron chi connectivity index (χ4n) is 11.2. The molecule has 32 heteroatoms. The number of nitrogen functional groups attached to an aromatic ring is 1. The van der Waals surface area contributed by atoms with Crippen molar-refractivity contribution in [2.24, 2.45) is 10.7 Å². The Morgan fingerprint density at radius 3 is 1.44 bits per heavy atom. The summed E-state index contributed by atoms with van der Waals surface area (Å²) in [6, 6.07) is 34.5. The lowest BCUT2D eigenvalue weighted by Crippen LogP contribution is -2.41. The highest BCUT2D eigenvalue weighted by molar-refractivity contribution is 9.10. The Bertz CT molecular complexity index is 5310. The third-order valence-corrected chi connectivity index (χ3v) is 17.3. The number of ether oxygens (including phenoxy) is 3. The highest BCUT2D eigenvalue weighted by atomic mass is 79.9. The number of fused-ring (bicyclic) bond motifs is 4. The zero-order chi connectivity index (χ0) is 77.7. The van der Waals surface area contributed by atoms with Crippen LogP contribution < -0.4 is 42.0 Å². The van der Waals surface area contributed by atoms with E-state index in [-0.39, 0.29) is 67.1 Å². The first-order valence-electron chi connectivity index (χ1n) is 31.8. The van der Waals surface area contributed by atoms with Gasteiger partial charge in [-0.15, -0.1) is 0 Å². The van der Waals surface area contributed by atoms with Crippen molar-refractivity contribution in [1.82, 2.24) is 14.9 Å². The maximum Gasteiger partial charge on any atom is 0.494 e. The number of amides is 2. The fraction of sp³-hybridized carbons (Fsp3) is 0.187. The number of imide groups is 1. The SMILES string of the molecule is CC(N)c1oc2cccc(F)c2c(=O)c1-c1cccc(F)c1.CC(c1oc2cccc(F)c2c(=O)c1-c1cccc(F)c1)N1C(=O)c2ccccc2C1=O.CC1(C)OB(c2ccc(OC(F)F)c(F)c2)OC1(C)C.Fc1cc(Br)ccc1OC(F)F.Nc1ncnc2c1C(c1ccc(OC(F)F)c(F)c1)=NC2. The molecular formula is C75H57BBrF13N6O11. The third kappa shape index (κ3) is 17.4. The van der Waals surface area contributed by atoms with Gasteiger partial charge in [0, 0.05) is 10.0 Å². The average molecular weight is 1560 g/mol. The minimum Gasteiger partial charge on any atom is -0.458 e. The number of halogens is 14. The van der Waals surface area contributed by atoms with Crippen LogP contribution in [0.2, 0.25) is 0 Å². The number of hydrogen-bond acceptors (Lipinski definition) is 16. The quantitative estimate of drug-likeness (QED) is 0.0620. The second kappa shape index (κ2) is 32.7. The van der Waals surface area contributed by atoms with Crippen molar-refractivity contribution in [3.8, 4) is 39.5 Å². The number of aliphatic imine (C=N–C) groups is 1. The number of nitrogens with two attached hydrogens (primary N) is 2. The van der Waals surface area contributed by atoms with E-state index in [1.165, 1.54) is 98.2 Å². The summed E-state index contributed by atoms with van der Waals surface area (Å²) >= 11 is 2.98. The molecule has 6 heterocycles. The van der Waals surface area contributed by atoms with Crippen LogP contribution in [0.1, 0.15) is 103 Å². The van der Waals surface area contributed by atoms with Gasteiger partial charge in [0.2, 0.25) is 10.9 Å². The summed E-state index contributed by atoms with van der Waals surface area (Å²) < 4.78 is 203. The average Bonchev–Trinajstić information content (AvgIpc) is 1.72. The van der Waals surface area contributed by atoms with Crippen LogP contribution in [0.3, 0.4) is 0 Å². The Labute approximate surface area is 607 Å². The molecule has 3 aliphatic heterocycles. The number of aromatic nitrogens is 2. The van der Waals surface area contributed by atoms with Gasteiger partial charge >= 0.3 is 27.0 Å². The van der Waals surface area contributed by atoms with Crippen LogP contribution in [0.15, 0.2) is 198 Å². The highest BCUT2D eigenvalue weighted by Gasteiger charge is 2.52. The van der Waals surface area contributed by atoms with Crippen LogP contribution in [0.25, 0.3) is 44.2 Å². The molecular weight excluding hydrogens is 1500 g/mol. The number of rotatable bonds is 13. The van der Waals surface area contributed by atoms with Crippen molar-refractivity contribution in [3.63, 3.8) is 0 Å². The molecule has 0 spiro atoms. The van der Waals surface area contributed by atoms with E-state index >= 15 is 0 Å². The molecule has 3 aliphatic rings. The van der Waals surface area contributed by atoms with Gasteiger partial charge in [0.1, 0.15) is 68.9 Å². The summed E-state index contributed by atoms with van der Waals surface area (Å²) in [5, 5.41) is -0.448. The van der Waals surface area contributed by atoms with E-state index in [2.05, 4.69) is 45.1 Å². The fourth-order valence-corrected chi connectivity index (χ4v) is 11.5. The number of anilines is 1. The topological polar surface area (TPSA) is 234 Å². The molecule has 0 aliphatic carbocycles. The molecule has 1 saturated heterocycles. The van der Waals surface area contributed by atoms with E-state index in [1.807, 2.05) is 27.7 Å². The number of hydrogen-bond donors (Lipinski definition) is 2. The van der Waals surface area contributed by atoms with Gasteiger partial charge in [-0.2, -0.15) is 26.3 Å². The summed E-state index contributed by atoms with van der Waals surface area (Å²) in [7, 11) is -0.741. The number of nitrogens with zero attached hydrogens (tertiary/aromatic N) is 4. The van der Waals surface area contributed by atoms with Crippen molar-refractivity contribution in [2.75, 3.05) is 5.73 Å². The van der Waals surface area contributed by atoms with Crippen LogP contribution in [-0.4, -0.2) is 70.5 Å². The van der Waals surface area contributed by atoms with Gasteiger partial charge < -0.3 is 43.8 Å². The van der Waals surface area contributed by atoms with E-state index in [9.17, 15) is 76.3 Å². The minimum atomic E-state index is -3.08. The molecule has 17 nitrogen and oxygen atoms in total. The van der Waals surface area contributed by atoms with Gasteiger partial charge in [0.05, 0.1) is 69.1 Å². The van der Waals surface area contributed by atoms with Crippen LogP contribution in [-0.2, 0) is 15.9 Å². The number of alkyl halides is 6. The summed E-state index contributed by atoms with van der Waals surface area (Å²) in [6.07, 6.45) is 1.33. The summed E-state index contributed by atoms with van der Waals surface area (Å²) in [5.74, 6) is -7.30. The highest BCUT2D eigenvalue weighted by Crippen LogP contribution is 2.40. The van der Waals surface area contributed by atoms with Crippen molar-refractivity contribution < 1.29 is 99.0 Å². The maximum absolute atomic E-state index is 14.5. The lowest BCUT2D eigenvalue weighted by Gasteiger charge is -2.32. The Hall–Kier alpha value is -11.2. The van der Waals surface area contributed by atoms with Crippen LogP contribution in [0.4, 0.5) is 62.9 Å². The molecule has 3 aromatic heterocycles. The zero-order valence-corrected chi connectivity index (χ0v) is 58.1. The van der Waals surface area contributed by atoms with Crippen LogP contribution in [0, 0.1) is 40.7 Å². The lowest BCUT2D eigenvalue weighted by atomic mass is 9.79. The molecule has 14 rings (SSSR count). The molecule has 2 unspecified atom stereocenters. The molecule has 8 aromatic carbocycles. The smallest absolute Gasteiger partial charge is 0.458 e. The second-order valence-corrected chi connectivity index (χ2v) is 25.4. The molecule has 0 bridgehead atoms. The van der Waals surface area contributed by atoms with E-state index in [4.69, 9.17) is 29.6 Å². The molecule has 2 atom stereocenters. The van der Waals surface area contributed by atoms with Gasteiger partial charge in [-0.1, -0.05) is 70.5 Å². The Morgan fingerprint density at radius 1 is 0.514 bits per heavy atom. The molecule has 1 fully saturated rings. The van der Waals surface area contributed by atoms with Crippen molar-refractivity contribution in [1.29, 1.82) is 0 Å². The summed E-state index contributed by atoms with van der Waals surface area (Å²) in [6.45, 7) is 1.84. The van der Waals surface area contributed by atoms with Crippen LogP contribution >= 0.6 is 15.9 Å². The third-order valence-electron chi connectivity index (χ3n) is 16.8. The molecule has 107 heavy (non-hydrogen) atoms. The van der Waals surface area contributed by atoms with E-state index in [0.717, 1.165) is 53.4 Å². The van der Waals surface area contributed by atoms with Gasteiger partial charge in [-0.05, 0) is 167 Å². The van der Waals surface area contributed by atoms with Gasteiger partial charge in [0.25, 0.3) is 11.8 Å². The van der Waals surface area contributed by atoms with Crippen molar-refractivity contribution in [3.05, 3.63) is 275 Å². The molecule has 554 valence electrons. The monoisotopic (exact) mass is 1550 g/mol. The molecule has 11 aromatic rings. The largest absolute Gasteiger partial charge is 0.494 e. The Morgan fingerprint density at radius 2 is 0.972 bits per heavy atom. The second-order valence-electron chi connectivity index (χ2n) is 24.5. The van der Waals surface area contributed by atoms with E-state index in [0.29, 0.717) is 44.6 Å². The van der Waals surface area contributed by atoms with Gasteiger partial charge in [-0.3, -0.25) is 29.1 Å². The number of carbonyl (C=O) groups excluding carboxylic acids is 2. The first kappa shape index (κ1) is 78.4. The number of benzene rings is 8. The van der Waals surface area contributed by atoms with Gasteiger partial charge in [-0.25, -0.2) is 40.7 Å². The van der Waals surface area contributed by atoms with Crippen LogP contribution in [0.5, 0.6) is 17.2 Å². The molecule has 0 saturated carbocycles. The first-order chi connectivity index (χ1) is 50.6. The molecule has 2 amide bonds. The Balaban J connectivity index is 0.000000147. The lowest BCUT2D eigenvalue weighted by molar-refractivity contribution is -0.0528. The van der Waals surface area contributed by atoms with E-state index < -0.39 is 131 Å². The van der Waals surface area contributed by atoms with Crippen molar-refractivity contribution in [2.45, 2.75) is 91.2 Å². The van der Waals surface area contributed by atoms with Crippen molar-refractivity contribution >= 4 is 73.8 Å². The predicted octanol–water partition coefficient (Wildman–Crippen LogP) is 16.9. The predicted molar refractivity (Wildman–Crippen MR) is 372 cm³/mol. The maximum atomic E-state index is 14.5. The van der Waals surface area contributed by atoms with Gasteiger partial charge in [0.15, 0.2) is 34.7 Å². The standard InChI is InChI=1S/C25H15F2NO4.C17H13F2NO2.C13H16BF3O3.C13H9F3N4O.C7H4BrF3O/c1-13(28-24(30)16-8-2-3-9-17(16)25(28)31)23-20(14-6-4-7-15(26)12-14)22(29)21-18(27)10-5-11-19(21)32-23;1-9(20)17-14(10-4-2-5-11(18)8-10)16(21)15-12(19)6-3-7-13(15)22-17;1-12(2)13(3,4)20-14(19-12)8-5-6-10(9(15)7-8)18-11(16)17;14-7-3-6(1-2-9(7)21-13(15)16)11-10-8(4-18-11)19-5-20-12(10)17;8-4-1-2-6(5(9)3-4)12-7(10)11/h2-13H,1H3;2-9H,20H2,1H3;5-7,11H,1-4H3;1-3,5,13H,4H2,(H2,17,19,20);1-3,7H. The first-order valence-corrected chi connectivity index (χ1v) is 32.6. The Kier molecular flexibility index (Phi) is 23.9. The minimum absolute atomic E-state index is 0.0337. The normalized spacial score (nSPS) is 14.4. The number of carbonyl (C=O) groups is 2.